The molecule has 0 spiro atoms. The Kier molecular flexibility index (Phi) is 7.23. The number of furan rings is 1. The normalized spacial score (nSPS) is 10.9. The molecule has 1 amide bonds. The van der Waals surface area contributed by atoms with Gasteiger partial charge in [0.25, 0.3) is 5.91 Å². The first-order valence-corrected chi connectivity index (χ1v) is 13.1. The van der Waals surface area contributed by atoms with Gasteiger partial charge in [0.2, 0.25) is 5.91 Å². The molecule has 0 radical (unpaired) electrons. The number of ether oxygens (including phenoxy) is 1. The molecule has 43 heavy (non-hydrogen) atoms. The summed E-state index contributed by atoms with van der Waals surface area (Å²) in [6, 6.07) is 12.2. The zero-order chi connectivity index (χ0) is 29.9. The van der Waals surface area contributed by atoms with Crippen molar-refractivity contribution in [1.82, 2.24) is 29.5 Å². The Labute approximate surface area is 243 Å². The first-order chi connectivity index (χ1) is 20.9. The van der Waals surface area contributed by atoms with E-state index in [1.165, 1.54) is 41.6 Å². The van der Waals surface area contributed by atoms with Gasteiger partial charge in [-0.05, 0) is 48.5 Å². The predicted octanol–water partition coefficient (Wildman–Crippen LogP) is 6.42. The summed E-state index contributed by atoms with van der Waals surface area (Å²) >= 11 is 0. The van der Waals surface area contributed by atoms with E-state index in [2.05, 4.69) is 36.8 Å². The minimum atomic E-state index is -0.730. The van der Waals surface area contributed by atoms with Crippen molar-refractivity contribution in [2.75, 3.05) is 5.32 Å². The lowest BCUT2D eigenvalue weighted by Crippen LogP contribution is -2.14. The Bertz CT molecular complexity index is 2000. The van der Waals surface area contributed by atoms with Crippen molar-refractivity contribution in [3.05, 3.63) is 104 Å². The van der Waals surface area contributed by atoms with E-state index < -0.39 is 11.7 Å². The second-order valence-electron chi connectivity index (χ2n) is 9.16. The van der Waals surface area contributed by atoms with E-state index in [1.54, 1.807) is 49.7 Å². The summed E-state index contributed by atoms with van der Waals surface area (Å²) in [7, 11) is 0. The Balaban J connectivity index is 1.27. The number of hydrogen-bond donors (Lipinski definition) is 1. The lowest BCUT2D eigenvalue weighted by molar-refractivity contribution is 0.0913. The minimum Gasteiger partial charge on any atom is -0.455 e. The Morgan fingerprint density at radius 3 is 2.60 bits per heavy atom. The molecule has 12 heteroatoms. The number of hydrogen-bond acceptors (Lipinski definition) is 9. The Hall–Kier alpha value is -6.04. The molecule has 0 unspecified atom stereocenters. The first kappa shape index (κ1) is 27.1. The molecule has 0 atom stereocenters. The van der Waals surface area contributed by atoms with E-state index in [9.17, 15) is 9.59 Å². The van der Waals surface area contributed by atoms with Crippen molar-refractivity contribution in [2.45, 2.75) is 13.3 Å². The van der Waals surface area contributed by atoms with Crippen LogP contribution in [0.25, 0.3) is 39.8 Å². The summed E-state index contributed by atoms with van der Waals surface area (Å²) in [5.41, 5.74) is 2.11. The number of amides is 1. The lowest BCUT2D eigenvalue weighted by atomic mass is 10.1. The van der Waals surface area contributed by atoms with Crippen molar-refractivity contribution in [2.24, 2.45) is 0 Å². The molecule has 0 aliphatic carbocycles. The van der Waals surface area contributed by atoms with Crippen LogP contribution in [0.15, 0.2) is 90.8 Å². The van der Waals surface area contributed by atoms with Crippen LogP contribution in [-0.4, -0.2) is 41.3 Å². The van der Waals surface area contributed by atoms with Gasteiger partial charge in [-0.15, -0.1) is 0 Å². The second-order valence-corrected chi connectivity index (χ2v) is 9.16. The van der Waals surface area contributed by atoms with Crippen LogP contribution in [0.1, 0.15) is 34.4 Å². The van der Waals surface area contributed by atoms with E-state index in [4.69, 9.17) is 9.15 Å². The van der Waals surface area contributed by atoms with Gasteiger partial charge in [0.05, 0.1) is 11.1 Å². The molecule has 1 N–H and O–H groups in total. The van der Waals surface area contributed by atoms with Crippen LogP contribution in [0.5, 0.6) is 11.5 Å². The average Bonchev–Trinajstić information content (AvgIpc) is 3.69. The monoisotopic (exact) mass is 575 g/mol. The van der Waals surface area contributed by atoms with Gasteiger partial charge in [-0.2, -0.15) is 0 Å². The van der Waals surface area contributed by atoms with Crippen LogP contribution < -0.4 is 10.1 Å². The predicted molar refractivity (Wildman–Crippen MR) is 156 cm³/mol. The van der Waals surface area contributed by atoms with E-state index in [0.29, 0.717) is 39.5 Å². The number of nitrogens with one attached hydrogen (secondary N) is 1. The summed E-state index contributed by atoms with van der Waals surface area (Å²) in [6.07, 6.45) is 9.12. The van der Waals surface area contributed by atoms with E-state index in [0.717, 1.165) is 6.07 Å². The summed E-state index contributed by atoms with van der Waals surface area (Å²) in [6.45, 7) is 5.40. The highest BCUT2D eigenvalue weighted by Crippen LogP contribution is 2.38. The summed E-state index contributed by atoms with van der Waals surface area (Å²) in [5.74, 6) is -0.311. The van der Waals surface area contributed by atoms with Crippen LogP contribution in [0.3, 0.4) is 0 Å². The number of nitrogens with zero attached hydrogens (tertiary/aromatic N) is 6. The van der Waals surface area contributed by atoms with Crippen molar-refractivity contribution >= 4 is 34.6 Å². The molecular formula is C31H22FN7O4. The van der Waals surface area contributed by atoms with E-state index >= 15 is 4.39 Å². The quantitative estimate of drug-likeness (QED) is 0.218. The van der Waals surface area contributed by atoms with Gasteiger partial charge in [0, 0.05) is 42.3 Å². The maximum atomic E-state index is 15.3. The number of fused-ring (bicyclic) bond motifs is 1. The maximum Gasteiger partial charge on any atom is 0.274 e. The number of rotatable bonds is 8. The molecule has 0 aliphatic rings. The summed E-state index contributed by atoms with van der Waals surface area (Å²) in [5, 5.41) is 3.11. The van der Waals surface area contributed by atoms with Gasteiger partial charge in [-0.1, -0.05) is 13.5 Å². The van der Waals surface area contributed by atoms with Gasteiger partial charge in [0.1, 0.15) is 35.6 Å². The third kappa shape index (κ3) is 5.36. The number of carbonyl (C=O) groups is 2. The van der Waals surface area contributed by atoms with Gasteiger partial charge < -0.3 is 14.5 Å². The fourth-order valence-electron chi connectivity index (χ4n) is 4.41. The molecule has 0 saturated carbocycles. The molecule has 6 aromatic rings. The van der Waals surface area contributed by atoms with Gasteiger partial charge >= 0.3 is 0 Å². The molecule has 0 aliphatic heterocycles. The molecule has 212 valence electrons. The van der Waals surface area contributed by atoms with Gasteiger partial charge in [0.15, 0.2) is 23.0 Å². The average molecular weight is 576 g/mol. The fraction of sp³-hybridized carbons (Fsp3) is 0.0645. The summed E-state index contributed by atoms with van der Waals surface area (Å²) < 4.78 is 28.3. The molecule has 1 aromatic carbocycles. The van der Waals surface area contributed by atoms with Crippen LogP contribution in [0.2, 0.25) is 0 Å². The summed E-state index contributed by atoms with van der Waals surface area (Å²) in [4.78, 5) is 46.4. The SMILES string of the molecule is C=Cc1ccc(-c2cc(C(=O)Nc3ccc(Oc4ccnc5c4c(-c4ccncn4)cn5C(=O)CC)c(F)c3)ncn2)o1. The smallest absolute Gasteiger partial charge is 0.274 e. The van der Waals surface area contributed by atoms with Crippen molar-refractivity contribution in [1.29, 1.82) is 0 Å². The minimum absolute atomic E-state index is 0.0601. The zero-order valence-corrected chi connectivity index (χ0v) is 22.7. The third-order valence-electron chi connectivity index (χ3n) is 6.47. The van der Waals surface area contributed by atoms with Crippen molar-refractivity contribution in [3.8, 4) is 34.2 Å². The van der Waals surface area contributed by atoms with Crippen LogP contribution in [0.4, 0.5) is 10.1 Å². The van der Waals surface area contributed by atoms with E-state index in [1.807, 2.05) is 0 Å². The molecule has 6 rings (SSSR count). The molecule has 0 fully saturated rings. The maximum absolute atomic E-state index is 15.3. The molecule has 0 saturated heterocycles. The largest absolute Gasteiger partial charge is 0.455 e. The highest BCUT2D eigenvalue weighted by molar-refractivity contribution is 6.04. The number of pyridine rings is 1. The van der Waals surface area contributed by atoms with Crippen molar-refractivity contribution in [3.63, 3.8) is 0 Å². The zero-order valence-electron chi connectivity index (χ0n) is 22.7. The Morgan fingerprint density at radius 1 is 1.00 bits per heavy atom. The van der Waals surface area contributed by atoms with E-state index in [-0.39, 0.29) is 35.2 Å². The fourth-order valence-corrected chi connectivity index (χ4v) is 4.41. The third-order valence-corrected chi connectivity index (χ3v) is 6.47. The molecule has 5 aromatic heterocycles. The number of benzene rings is 1. The highest BCUT2D eigenvalue weighted by atomic mass is 19.1. The molecule has 0 bridgehead atoms. The number of anilines is 1. The Morgan fingerprint density at radius 2 is 1.86 bits per heavy atom. The molecule has 5 heterocycles. The van der Waals surface area contributed by atoms with Crippen LogP contribution >= 0.6 is 0 Å². The van der Waals surface area contributed by atoms with Crippen LogP contribution in [-0.2, 0) is 0 Å². The lowest BCUT2D eigenvalue weighted by Gasteiger charge is -2.11. The number of halogens is 1. The second kappa shape index (κ2) is 11.4. The van der Waals surface area contributed by atoms with Crippen molar-refractivity contribution < 1.29 is 23.1 Å². The van der Waals surface area contributed by atoms with Gasteiger partial charge in [-0.25, -0.2) is 29.3 Å². The topological polar surface area (TPSA) is 138 Å². The molecule has 11 nitrogen and oxygen atoms in total. The van der Waals surface area contributed by atoms with Crippen LogP contribution in [0, 0.1) is 5.82 Å². The highest BCUT2D eigenvalue weighted by Gasteiger charge is 2.21. The first-order valence-electron chi connectivity index (χ1n) is 13.1. The van der Waals surface area contributed by atoms with Gasteiger partial charge in [-0.3, -0.25) is 14.2 Å². The number of carbonyl (C=O) groups excluding carboxylic acids is 2. The molecular weight excluding hydrogens is 553 g/mol. The standard InChI is InChI=1S/C31H22FN7O4/c1-3-19-6-8-26(42-19)23-14-24(37-17-36-23)31(41)38-18-5-7-25(21(32)13-18)43-27-10-12-34-30-29(27)20(15-39(30)28(40)4-2)22-9-11-33-16-35-22/h3,5-17H,1,4H2,2H3,(H,38,41). The number of aromatic nitrogens is 6.